The third-order valence-corrected chi connectivity index (χ3v) is 3.50. The number of likely N-dealkylation sites (tertiary alicyclic amines) is 1. The van der Waals surface area contributed by atoms with Crippen LogP contribution in [0.25, 0.3) is 0 Å². The number of ether oxygens (including phenoxy) is 1. The Hall–Kier alpha value is -1.87. The molecule has 1 aliphatic heterocycles. The predicted molar refractivity (Wildman–Crippen MR) is 100 cm³/mol. The van der Waals surface area contributed by atoms with Crippen molar-refractivity contribution in [1.82, 2.24) is 4.90 Å². The van der Waals surface area contributed by atoms with Crippen molar-refractivity contribution in [2.75, 3.05) is 13.1 Å². The van der Waals surface area contributed by atoms with Crippen molar-refractivity contribution in [2.45, 2.75) is 26.1 Å². The molecule has 6 nitrogen and oxygen atoms in total. The first-order valence-corrected chi connectivity index (χ1v) is 7.52. The van der Waals surface area contributed by atoms with Crippen molar-refractivity contribution in [2.24, 2.45) is 27.4 Å². The van der Waals surface area contributed by atoms with E-state index >= 15 is 0 Å². The van der Waals surface area contributed by atoms with Crippen molar-refractivity contribution in [3.63, 3.8) is 0 Å². The van der Waals surface area contributed by atoms with Crippen LogP contribution in [-0.4, -0.2) is 36.3 Å². The van der Waals surface area contributed by atoms with Gasteiger partial charge in [-0.2, -0.15) is 4.99 Å². The molecule has 2 rings (SSSR count). The topological polar surface area (TPSA) is 89.2 Å². The number of nitrogens with zero attached hydrogens (tertiary/aromatic N) is 3. The maximum absolute atomic E-state index is 12.2. The van der Waals surface area contributed by atoms with Crippen LogP contribution in [0.2, 0.25) is 0 Å². The molecule has 148 valence electrons. The van der Waals surface area contributed by atoms with E-state index in [0.29, 0.717) is 5.92 Å². The van der Waals surface area contributed by atoms with Gasteiger partial charge in [0.05, 0.1) is 5.69 Å². The molecule has 11 heteroatoms. The highest BCUT2D eigenvalue weighted by Gasteiger charge is 2.31. The van der Waals surface area contributed by atoms with Gasteiger partial charge in [-0.25, -0.2) is 4.99 Å². The summed E-state index contributed by atoms with van der Waals surface area (Å²) >= 11 is 0. The molecule has 0 amide bonds. The highest BCUT2D eigenvalue weighted by Crippen LogP contribution is 2.26. The minimum Gasteiger partial charge on any atom is -0.406 e. The Morgan fingerprint density at radius 2 is 1.96 bits per heavy atom. The molecule has 1 atom stereocenters. The van der Waals surface area contributed by atoms with Gasteiger partial charge in [-0.15, -0.1) is 38.0 Å². The Morgan fingerprint density at radius 1 is 1.27 bits per heavy atom. The molecule has 26 heavy (non-hydrogen) atoms. The van der Waals surface area contributed by atoms with Crippen molar-refractivity contribution in [3.05, 3.63) is 24.3 Å². The first-order valence-electron chi connectivity index (χ1n) is 7.52. The SMILES string of the molecule is CC1CCCN(/C(N)=N/C(N)=Nc2cccc(OC(F)(F)F)c2)C1.Cl.Cl. The zero-order valence-electron chi connectivity index (χ0n) is 14.1. The molecule has 0 saturated carbocycles. The van der Waals surface area contributed by atoms with Crippen LogP contribution >= 0.6 is 24.8 Å². The fourth-order valence-corrected chi connectivity index (χ4v) is 2.49. The molecule has 1 aromatic rings. The van der Waals surface area contributed by atoms with Gasteiger partial charge in [-0.1, -0.05) is 13.0 Å². The normalized spacial score (nSPS) is 18.6. The van der Waals surface area contributed by atoms with Crippen LogP contribution in [0.3, 0.4) is 0 Å². The van der Waals surface area contributed by atoms with Crippen molar-refractivity contribution < 1.29 is 17.9 Å². The summed E-state index contributed by atoms with van der Waals surface area (Å²) in [6.45, 7) is 3.71. The van der Waals surface area contributed by atoms with E-state index in [2.05, 4.69) is 21.6 Å². The van der Waals surface area contributed by atoms with Gasteiger partial charge in [0.15, 0.2) is 5.96 Å². The number of hydrogen-bond donors (Lipinski definition) is 2. The van der Waals surface area contributed by atoms with E-state index in [4.69, 9.17) is 11.5 Å². The van der Waals surface area contributed by atoms with E-state index in [1.807, 2.05) is 4.90 Å². The molecule has 4 N–H and O–H groups in total. The molecular formula is C15H22Cl2F3N5O. The molecule has 0 bridgehead atoms. The van der Waals surface area contributed by atoms with Crippen molar-refractivity contribution >= 4 is 42.4 Å². The quantitative estimate of drug-likeness (QED) is 0.571. The fourth-order valence-electron chi connectivity index (χ4n) is 2.49. The largest absolute Gasteiger partial charge is 0.573 e. The van der Waals surface area contributed by atoms with E-state index in [-0.39, 0.29) is 48.2 Å². The Kier molecular flexibility index (Phi) is 9.58. The van der Waals surface area contributed by atoms with Gasteiger partial charge in [0.25, 0.3) is 0 Å². The Balaban J connectivity index is 0.00000312. The summed E-state index contributed by atoms with van der Waals surface area (Å²) in [6.07, 6.45) is -2.61. The lowest BCUT2D eigenvalue weighted by atomic mass is 10.0. The van der Waals surface area contributed by atoms with Gasteiger partial charge in [0, 0.05) is 19.2 Å². The molecule has 0 spiro atoms. The van der Waals surface area contributed by atoms with Crippen LogP contribution < -0.4 is 16.2 Å². The fraction of sp³-hybridized carbons (Fsp3) is 0.467. The Morgan fingerprint density at radius 3 is 2.58 bits per heavy atom. The van der Waals surface area contributed by atoms with Crippen LogP contribution in [-0.2, 0) is 0 Å². The molecule has 1 fully saturated rings. The van der Waals surface area contributed by atoms with Gasteiger partial charge in [-0.3, -0.25) is 0 Å². The standard InChI is InChI=1S/C15H20F3N5O.2ClH/c1-10-4-3-7-23(9-10)14(20)22-13(19)21-11-5-2-6-12(8-11)24-15(16,17)18;;/h2,5-6,8,10H,3-4,7,9H2,1H3,(H4,19,20,21,22);2*1H. The zero-order valence-corrected chi connectivity index (χ0v) is 15.7. The summed E-state index contributed by atoms with van der Waals surface area (Å²) in [5.74, 6) is 0.264. The number of nitrogens with two attached hydrogens (primary N) is 2. The summed E-state index contributed by atoms with van der Waals surface area (Å²) in [6, 6.07) is 5.17. The average Bonchev–Trinajstić information content (AvgIpc) is 2.45. The molecule has 1 aromatic carbocycles. The molecule has 0 radical (unpaired) electrons. The van der Waals surface area contributed by atoms with Crippen LogP contribution in [0.5, 0.6) is 5.75 Å². The molecule has 0 aromatic heterocycles. The Labute approximate surface area is 162 Å². The number of halogens is 5. The van der Waals surface area contributed by atoms with Gasteiger partial charge >= 0.3 is 6.36 Å². The summed E-state index contributed by atoms with van der Waals surface area (Å²) in [7, 11) is 0. The number of aliphatic imine (C=N–C) groups is 2. The zero-order chi connectivity index (χ0) is 17.7. The number of rotatable bonds is 2. The van der Waals surface area contributed by atoms with Crippen LogP contribution in [0.1, 0.15) is 19.8 Å². The lowest BCUT2D eigenvalue weighted by molar-refractivity contribution is -0.274. The molecule has 1 saturated heterocycles. The summed E-state index contributed by atoms with van der Waals surface area (Å²) in [4.78, 5) is 9.89. The third kappa shape index (κ3) is 8.01. The van der Waals surface area contributed by atoms with Gasteiger partial charge in [0.1, 0.15) is 5.75 Å². The lowest BCUT2D eigenvalue weighted by Crippen LogP contribution is -2.44. The summed E-state index contributed by atoms with van der Waals surface area (Å²) in [5, 5.41) is 0. The minimum absolute atomic E-state index is 0. The van der Waals surface area contributed by atoms with Crippen LogP contribution in [0.15, 0.2) is 34.3 Å². The average molecular weight is 416 g/mol. The second-order valence-electron chi connectivity index (χ2n) is 5.68. The summed E-state index contributed by atoms with van der Waals surface area (Å²) in [5.41, 5.74) is 11.8. The lowest BCUT2D eigenvalue weighted by Gasteiger charge is -2.31. The van der Waals surface area contributed by atoms with Gasteiger partial charge < -0.3 is 21.1 Å². The predicted octanol–water partition coefficient (Wildman–Crippen LogP) is 3.42. The second-order valence-corrected chi connectivity index (χ2v) is 5.68. The maximum atomic E-state index is 12.2. The first kappa shape index (κ1) is 24.1. The highest BCUT2D eigenvalue weighted by molar-refractivity contribution is 5.94. The van der Waals surface area contributed by atoms with Crippen molar-refractivity contribution in [3.8, 4) is 5.75 Å². The summed E-state index contributed by atoms with van der Waals surface area (Å²) < 4.78 is 40.5. The van der Waals surface area contributed by atoms with E-state index < -0.39 is 6.36 Å². The van der Waals surface area contributed by atoms with Crippen LogP contribution in [0, 0.1) is 5.92 Å². The van der Waals surface area contributed by atoms with Crippen molar-refractivity contribution in [1.29, 1.82) is 0 Å². The van der Waals surface area contributed by atoms with E-state index in [0.717, 1.165) is 32.0 Å². The number of alkyl halides is 3. The third-order valence-electron chi connectivity index (χ3n) is 3.50. The van der Waals surface area contributed by atoms with E-state index in [1.54, 1.807) is 0 Å². The second kappa shape index (κ2) is 10.3. The molecular weight excluding hydrogens is 394 g/mol. The molecule has 1 heterocycles. The number of piperidine rings is 1. The smallest absolute Gasteiger partial charge is 0.406 e. The highest BCUT2D eigenvalue weighted by atomic mass is 35.5. The van der Waals surface area contributed by atoms with Gasteiger partial charge in [0.2, 0.25) is 5.96 Å². The molecule has 1 unspecified atom stereocenters. The monoisotopic (exact) mass is 415 g/mol. The van der Waals surface area contributed by atoms with E-state index in [1.165, 1.54) is 18.2 Å². The maximum Gasteiger partial charge on any atom is 0.573 e. The number of hydrogen-bond acceptors (Lipinski definition) is 2. The number of benzene rings is 1. The first-order chi connectivity index (χ1) is 11.2. The number of guanidine groups is 2. The van der Waals surface area contributed by atoms with E-state index in [9.17, 15) is 13.2 Å². The molecule has 1 aliphatic rings. The molecule has 0 aliphatic carbocycles. The minimum atomic E-state index is -4.76. The van der Waals surface area contributed by atoms with Crippen LogP contribution in [0.4, 0.5) is 18.9 Å². The Bertz CT molecular complexity index is 640. The van der Waals surface area contributed by atoms with Gasteiger partial charge in [-0.05, 0) is 30.9 Å².